The largest absolute Gasteiger partial charge is 0.484 e. The first kappa shape index (κ1) is 19.9. The second-order valence-electron chi connectivity index (χ2n) is 9.55. The van der Waals surface area contributed by atoms with Crippen LogP contribution in [0.4, 0.5) is 17.6 Å². The van der Waals surface area contributed by atoms with Gasteiger partial charge >= 0.3 is 6.18 Å². The molecule has 30 heavy (non-hydrogen) atoms. The van der Waals surface area contributed by atoms with Crippen LogP contribution in [0.1, 0.15) is 38.5 Å². The van der Waals surface area contributed by atoms with Crippen molar-refractivity contribution in [1.29, 1.82) is 0 Å². The van der Waals surface area contributed by atoms with Gasteiger partial charge in [-0.2, -0.15) is 13.2 Å². The molecule has 1 aromatic rings. The lowest BCUT2D eigenvalue weighted by Crippen LogP contribution is -2.83. The average molecular weight is 447 g/mol. The fourth-order valence-electron chi connectivity index (χ4n) is 5.80. The maximum atomic E-state index is 13.4. The Balaban J connectivity index is 1.07. The van der Waals surface area contributed by atoms with E-state index in [9.17, 15) is 27.2 Å². The SMILES string of the molecule is O=C(COc1ccc(Cl)c(F)c1)NC12CC(C(=O)NC34CC(C(F)(F)F)(C3)C4)(C1)C2. The van der Waals surface area contributed by atoms with Crippen molar-refractivity contribution in [3.8, 4) is 5.75 Å². The molecule has 6 saturated carbocycles. The van der Waals surface area contributed by atoms with Crippen LogP contribution in [0.2, 0.25) is 5.02 Å². The Bertz CT molecular complexity index is 924. The Morgan fingerprint density at radius 2 is 1.63 bits per heavy atom. The molecule has 162 valence electrons. The molecule has 0 aromatic heterocycles. The monoisotopic (exact) mass is 446 g/mol. The second-order valence-corrected chi connectivity index (χ2v) is 9.95. The highest BCUT2D eigenvalue weighted by molar-refractivity contribution is 6.30. The maximum Gasteiger partial charge on any atom is 0.394 e. The van der Waals surface area contributed by atoms with Crippen LogP contribution >= 0.6 is 11.6 Å². The Labute approximate surface area is 174 Å². The summed E-state index contributed by atoms with van der Waals surface area (Å²) >= 11 is 5.59. The van der Waals surface area contributed by atoms with Crippen LogP contribution in [0.3, 0.4) is 0 Å². The molecule has 2 amide bonds. The summed E-state index contributed by atoms with van der Waals surface area (Å²) in [6.45, 7) is -0.301. The molecule has 6 aliphatic carbocycles. The Hall–Kier alpha value is -2.03. The van der Waals surface area contributed by atoms with Gasteiger partial charge in [-0.05, 0) is 50.7 Å². The maximum absolute atomic E-state index is 13.4. The Morgan fingerprint density at radius 1 is 1.03 bits per heavy atom. The fraction of sp³-hybridized carbons (Fsp3) is 0.600. The molecule has 5 nitrogen and oxygen atoms in total. The standard InChI is InChI=1S/C20H19ClF4N2O3/c21-12-2-1-11(3-13(12)22)30-4-14(28)26-18-5-16(6-18,7-18)15(29)27-19-8-17(9-19,10-19)20(23,24)25/h1-3H,4-10H2,(H,26,28)(H,27,29). The van der Waals surface area contributed by atoms with Crippen molar-refractivity contribution in [2.75, 3.05) is 6.61 Å². The molecule has 0 atom stereocenters. The van der Waals surface area contributed by atoms with E-state index >= 15 is 0 Å². The van der Waals surface area contributed by atoms with Gasteiger partial charge < -0.3 is 15.4 Å². The minimum atomic E-state index is -4.20. The topological polar surface area (TPSA) is 67.4 Å². The predicted molar refractivity (Wildman–Crippen MR) is 97.3 cm³/mol. The lowest BCUT2D eigenvalue weighted by Gasteiger charge is -2.73. The summed E-state index contributed by atoms with van der Waals surface area (Å²) in [4.78, 5) is 24.7. The van der Waals surface area contributed by atoms with Crippen molar-refractivity contribution in [2.24, 2.45) is 10.8 Å². The zero-order valence-corrected chi connectivity index (χ0v) is 16.6. The molecule has 1 aromatic carbocycles. The highest BCUT2D eigenvalue weighted by Gasteiger charge is 2.80. The average Bonchev–Trinajstić information content (AvgIpc) is 2.51. The summed E-state index contributed by atoms with van der Waals surface area (Å²) in [6, 6.07) is 3.87. The van der Waals surface area contributed by atoms with Gasteiger partial charge in [0, 0.05) is 17.1 Å². The number of hydrogen-bond acceptors (Lipinski definition) is 3. The fourth-order valence-corrected chi connectivity index (χ4v) is 5.92. The number of rotatable bonds is 6. The van der Waals surface area contributed by atoms with Gasteiger partial charge in [0.25, 0.3) is 5.91 Å². The molecular formula is C20H19ClF4N2O3. The number of nitrogens with one attached hydrogen (secondary N) is 2. The van der Waals surface area contributed by atoms with Crippen LogP contribution in [-0.2, 0) is 9.59 Å². The molecule has 6 fully saturated rings. The van der Waals surface area contributed by atoms with Gasteiger partial charge in [0.1, 0.15) is 11.6 Å². The van der Waals surface area contributed by atoms with Gasteiger partial charge in [-0.1, -0.05) is 11.6 Å². The minimum absolute atomic E-state index is 0.0319. The van der Waals surface area contributed by atoms with E-state index in [1.165, 1.54) is 12.1 Å². The van der Waals surface area contributed by atoms with E-state index < -0.39 is 33.9 Å². The summed E-state index contributed by atoms with van der Waals surface area (Å²) in [5.41, 5.74) is -3.34. The summed E-state index contributed by atoms with van der Waals surface area (Å²) in [7, 11) is 0. The molecular weight excluding hydrogens is 428 g/mol. The van der Waals surface area contributed by atoms with Gasteiger partial charge in [-0.3, -0.25) is 9.59 Å². The predicted octanol–water partition coefficient (Wildman–Crippen LogP) is 3.50. The van der Waals surface area contributed by atoms with Crippen LogP contribution in [0.5, 0.6) is 5.75 Å². The molecule has 0 unspecified atom stereocenters. The highest BCUT2D eigenvalue weighted by atomic mass is 35.5. The van der Waals surface area contributed by atoms with Gasteiger partial charge in [0.05, 0.1) is 15.9 Å². The summed E-state index contributed by atoms with van der Waals surface area (Å²) in [5, 5.41) is 5.64. The van der Waals surface area contributed by atoms with Crippen molar-refractivity contribution < 1.29 is 31.9 Å². The number of halogens is 5. The smallest absolute Gasteiger partial charge is 0.394 e. The van der Waals surface area contributed by atoms with Gasteiger partial charge in [-0.15, -0.1) is 0 Å². The van der Waals surface area contributed by atoms with Gasteiger partial charge in [0.2, 0.25) is 5.91 Å². The zero-order valence-electron chi connectivity index (χ0n) is 15.8. The van der Waals surface area contributed by atoms with Crippen molar-refractivity contribution in [3.05, 3.63) is 29.0 Å². The molecule has 7 rings (SSSR count). The first-order valence-electron chi connectivity index (χ1n) is 9.68. The van der Waals surface area contributed by atoms with Crippen LogP contribution in [0, 0.1) is 16.6 Å². The normalized spacial score (nSPS) is 37.6. The lowest BCUT2D eigenvalue weighted by atomic mass is 9.36. The molecule has 10 heteroatoms. The summed E-state index contributed by atoms with van der Waals surface area (Å²) in [5.74, 6) is -1.06. The van der Waals surface area contributed by atoms with E-state index in [1.54, 1.807) is 0 Å². The minimum Gasteiger partial charge on any atom is -0.484 e. The van der Waals surface area contributed by atoms with E-state index in [1.807, 2.05) is 0 Å². The third-order valence-corrected chi connectivity index (χ3v) is 7.49. The Kier molecular flexibility index (Phi) is 3.85. The van der Waals surface area contributed by atoms with Gasteiger partial charge in [-0.25, -0.2) is 4.39 Å². The van der Waals surface area contributed by atoms with Crippen molar-refractivity contribution in [3.63, 3.8) is 0 Å². The molecule has 0 saturated heterocycles. The molecule has 2 N–H and O–H groups in total. The third-order valence-electron chi connectivity index (χ3n) is 7.19. The van der Waals surface area contributed by atoms with Crippen LogP contribution < -0.4 is 15.4 Å². The van der Waals surface area contributed by atoms with E-state index in [4.69, 9.17) is 16.3 Å². The van der Waals surface area contributed by atoms with Crippen LogP contribution in [-0.4, -0.2) is 35.7 Å². The number of benzene rings is 1. The first-order valence-corrected chi connectivity index (χ1v) is 10.1. The third kappa shape index (κ3) is 2.73. The number of hydrogen-bond donors (Lipinski definition) is 2. The number of carbonyl (C=O) groups excluding carboxylic acids is 2. The van der Waals surface area contributed by atoms with Crippen molar-refractivity contribution in [2.45, 2.75) is 55.8 Å². The van der Waals surface area contributed by atoms with Crippen molar-refractivity contribution >= 4 is 23.4 Å². The van der Waals surface area contributed by atoms with E-state index in [-0.39, 0.29) is 48.5 Å². The summed E-state index contributed by atoms with van der Waals surface area (Å²) < 4.78 is 57.5. The molecule has 4 bridgehead atoms. The molecule has 0 aliphatic heterocycles. The lowest BCUT2D eigenvalue weighted by molar-refractivity contribution is -0.338. The number of alkyl halides is 3. The van der Waals surface area contributed by atoms with Crippen molar-refractivity contribution in [1.82, 2.24) is 10.6 Å². The van der Waals surface area contributed by atoms with Crippen LogP contribution in [0.25, 0.3) is 0 Å². The molecule has 6 aliphatic rings. The number of ether oxygens (including phenoxy) is 1. The number of carbonyl (C=O) groups is 2. The van der Waals surface area contributed by atoms with E-state index in [0.29, 0.717) is 19.3 Å². The Morgan fingerprint density at radius 3 is 2.20 bits per heavy atom. The molecule has 0 radical (unpaired) electrons. The quantitative estimate of drug-likeness (QED) is 0.657. The number of amides is 2. The zero-order chi connectivity index (χ0) is 21.6. The van der Waals surface area contributed by atoms with Gasteiger partial charge in [0.15, 0.2) is 6.61 Å². The molecule has 0 heterocycles. The van der Waals surface area contributed by atoms with Crippen LogP contribution in [0.15, 0.2) is 18.2 Å². The first-order chi connectivity index (χ1) is 13.9. The van der Waals surface area contributed by atoms with E-state index in [2.05, 4.69) is 10.6 Å². The highest BCUT2D eigenvalue weighted by Crippen LogP contribution is 2.74. The second kappa shape index (κ2) is 5.81. The molecule has 0 spiro atoms. The van der Waals surface area contributed by atoms with E-state index in [0.717, 1.165) is 6.07 Å². The summed E-state index contributed by atoms with van der Waals surface area (Å²) in [6.07, 6.45) is -2.90.